The fraction of sp³-hybridized carbons (Fsp3) is 0.893. The van der Waals surface area contributed by atoms with Crippen LogP contribution in [-0.4, -0.2) is 175 Å². The van der Waals surface area contributed by atoms with Gasteiger partial charge in [0.15, 0.2) is 0 Å². The predicted molar refractivity (Wildman–Crippen MR) is 155 cm³/mol. The second-order valence-corrected chi connectivity index (χ2v) is 8.68. The van der Waals surface area contributed by atoms with Gasteiger partial charge in [-0.25, -0.2) is 4.79 Å². The molecule has 0 atom stereocenters. The summed E-state index contributed by atoms with van der Waals surface area (Å²) in [6, 6.07) is 0. The molecule has 2 N–H and O–H groups in total. The molecule has 0 unspecified atom stereocenters. The van der Waals surface area contributed by atoms with Crippen LogP contribution in [0.15, 0.2) is 0 Å². The van der Waals surface area contributed by atoms with Gasteiger partial charge in [-0.1, -0.05) is 0 Å². The highest BCUT2D eigenvalue weighted by Crippen LogP contribution is 1.95. The van der Waals surface area contributed by atoms with Gasteiger partial charge in [-0.05, 0) is 7.05 Å². The lowest BCUT2D eigenvalue weighted by Crippen LogP contribution is -2.17. The summed E-state index contributed by atoms with van der Waals surface area (Å²) in [6.07, 6.45) is -0.657. The van der Waals surface area contributed by atoms with Crippen molar-refractivity contribution in [2.24, 2.45) is 0 Å². The fourth-order valence-corrected chi connectivity index (χ4v) is 2.86. The van der Waals surface area contributed by atoms with Crippen LogP contribution in [0.3, 0.4) is 0 Å². The van der Waals surface area contributed by atoms with Crippen molar-refractivity contribution in [3.05, 3.63) is 0 Å². The van der Waals surface area contributed by atoms with E-state index in [0.29, 0.717) is 126 Å². The molecule has 0 radical (unpaired) electrons. The number of carbonyl (C=O) groups is 3. The van der Waals surface area contributed by atoms with Gasteiger partial charge in [0.2, 0.25) is 5.78 Å². The number of ketones is 1. The normalized spacial score (nSPS) is 11.2. The van der Waals surface area contributed by atoms with E-state index in [2.05, 4.69) is 5.32 Å². The highest BCUT2D eigenvalue weighted by molar-refractivity contribution is 6.32. The highest BCUT2D eigenvalue weighted by atomic mass is 16.6. The molecule has 0 aromatic heterocycles. The van der Waals surface area contributed by atoms with E-state index in [1.807, 2.05) is 7.05 Å². The van der Waals surface area contributed by atoms with Crippen LogP contribution in [0, 0.1) is 0 Å². The number of carboxylic acids is 1. The zero-order chi connectivity index (χ0) is 32.2. The Morgan fingerprint density at radius 1 is 0.432 bits per heavy atom. The molecule has 44 heavy (non-hydrogen) atoms. The molecule has 0 aromatic rings. The van der Waals surface area contributed by atoms with Crippen molar-refractivity contribution in [3.8, 4) is 0 Å². The SMILES string of the molecule is CNCCOCCOCCOCCOCCOCCOCCOCCOCCOCCOCCOC(=O)CCC(=O)C(=O)O. The molecule has 0 aliphatic rings. The Morgan fingerprint density at radius 3 is 0.977 bits per heavy atom. The summed E-state index contributed by atoms with van der Waals surface area (Å²) in [5.41, 5.74) is 0. The zero-order valence-electron chi connectivity index (χ0n) is 26.1. The maximum absolute atomic E-state index is 11.3. The summed E-state index contributed by atoms with van der Waals surface area (Å²) in [4.78, 5) is 32.6. The Hall–Kier alpha value is -1.83. The molecule has 0 heterocycles. The summed E-state index contributed by atoms with van der Waals surface area (Å²) < 4.78 is 58.8. The highest BCUT2D eigenvalue weighted by Gasteiger charge is 2.14. The van der Waals surface area contributed by atoms with Crippen LogP contribution in [0.4, 0.5) is 0 Å². The summed E-state index contributed by atoms with van der Waals surface area (Å²) in [6.45, 7) is 10.2. The Bertz CT molecular complexity index is 657. The minimum atomic E-state index is -1.56. The number of hydrogen-bond acceptors (Lipinski definition) is 15. The molecule has 0 aliphatic heterocycles. The molecule has 0 saturated carbocycles. The maximum Gasteiger partial charge on any atom is 0.372 e. The predicted octanol–water partition coefficient (Wildman–Crippen LogP) is -0.651. The second kappa shape index (κ2) is 35.6. The molecule has 0 amide bonds. The van der Waals surface area contributed by atoms with E-state index >= 15 is 0 Å². The Balaban J connectivity index is 3.12. The van der Waals surface area contributed by atoms with Crippen molar-refractivity contribution < 1.29 is 71.6 Å². The van der Waals surface area contributed by atoms with Gasteiger partial charge in [0.1, 0.15) is 6.61 Å². The summed E-state index contributed by atoms with van der Waals surface area (Å²) >= 11 is 0. The van der Waals surface area contributed by atoms with Gasteiger partial charge in [-0.15, -0.1) is 0 Å². The molecule has 260 valence electrons. The van der Waals surface area contributed by atoms with E-state index in [9.17, 15) is 14.4 Å². The van der Waals surface area contributed by atoms with Gasteiger partial charge < -0.3 is 62.5 Å². The topological polar surface area (TPSA) is 185 Å². The van der Waals surface area contributed by atoms with Crippen molar-refractivity contribution >= 4 is 17.7 Å². The van der Waals surface area contributed by atoms with Gasteiger partial charge in [-0.2, -0.15) is 0 Å². The molecule has 16 heteroatoms. The summed E-state index contributed by atoms with van der Waals surface area (Å²) in [7, 11) is 1.89. The lowest BCUT2D eigenvalue weighted by atomic mass is 10.2. The third kappa shape index (κ3) is 34.7. The third-order valence-electron chi connectivity index (χ3n) is 5.13. The fourth-order valence-electron chi connectivity index (χ4n) is 2.86. The molecule has 0 fully saturated rings. The number of likely N-dealkylation sites (N-methyl/N-ethyl adjacent to an activating group) is 1. The molecule has 16 nitrogen and oxygen atoms in total. The van der Waals surface area contributed by atoms with Crippen molar-refractivity contribution in [2.75, 3.05) is 152 Å². The van der Waals surface area contributed by atoms with E-state index in [0.717, 1.165) is 6.54 Å². The smallest absolute Gasteiger partial charge is 0.372 e. The van der Waals surface area contributed by atoms with Gasteiger partial charge in [0.25, 0.3) is 0 Å². The van der Waals surface area contributed by atoms with Crippen molar-refractivity contribution in [1.29, 1.82) is 0 Å². The molecule has 0 aliphatic carbocycles. The summed E-state index contributed by atoms with van der Waals surface area (Å²) in [5.74, 6) is -3.23. The van der Waals surface area contributed by atoms with E-state index in [1.54, 1.807) is 0 Å². The van der Waals surface area contributed by atoms with E-state index in [-0.39, 0.29) is 26.1 Å². The van der Waals surface area contributed by atoms with E-state index < -0.39 is 17.7 Å². The first-order chi connectivity index (χ1) is 21.6. The number of hydrogen-bond donors (Lipinski definition) is 2. The first-order valence-electron chi connectivity index (χ1n) is 14.9. The molecule has 0 saturated heterocycles. The Morgan fingerprint density at radius 2 is 0.705 bits per heavy atom. The number of nitrogens with one attached hydrogen (secondary N) is 1. The number of rotatable bonds is 37. The standard InChI is InChI=1S/C28H53NO15/c1-29-4-5-34-6-7-35-8-9-36-10-11-37-12-13-38-14-15-39-16-17-40-18-19-41-20-21-42-22-23-43-24-25-44-27(31)3-2-26(30)28(32)33/h29H,2-25H2,1H3,(H,32,33). The molecule has 0 spiro atoms. The first kappa shape index (κ1) is 42.2. The third-order valence-corrected chi connectivity index (χ3v) is 5.13. The van der Waals surface area contributed by atoms with Crippen LogP contribution in [0.1, 0.15) is 12.8 Å². The van der Waals surface area contributed by atoms with Crippen molar-refractivity contribution in [2.45, 2.75) is 12.8 Å². The van der Waals surface area contributed by atoms with Gasteiger partial charge in [-0.3, -0.25) is 9.59 Å². The number of carboxylic acid groups (broad SMARTS) is 1. The molecular formula is C28H53NO15. The van der Waals surface area contributed by atoms with Crippen molar-refractivity contribution in [3.63, 3.8) is 0 Å². The van der Waals surface area contributed by atoms with E-state index in [1.165, 1.54) is 0 Å². The van der Waals surface area contributed by atoms with Crippen molar-refractivity contribution in [1.82, 2.24) is 5.32 Å². The number of ether oxygens (including phenoxy) is 11. The summed E-state index contributed by atoms with van der Waals surface area (Å²) in [5, 5.41) is 11.4. The quantitative estimate of drug-likeness (QED) is 0.0494. The average Bonchev–Trinajstić information content (AvgIpc) is 3.02. The molecule has 0 bridgehead atoms. The number of aliphatic carboxylic acids is 1. The average molecular weight is 644 g/mol. The van der Waals surface area contributed by atoms with Crippen LogP contribution < -0.4 is 5.32 Å². The lowest BCUT2D eigenvalue weighted by molar-refractivity contribution is -0.151. The van der Waals surface area contributed by atoms with Gasteiger partial charge in [0.05, 0.1) is 139 Å². The minimum Gasteiger partial charge on any atom is -0.476 e. The zero-order valence-corrected chi connectivity index (χ0v) is 26.1. The lowest BCUT2D eigenvalue weighted by Gasteiger charge is -2.09. The largest absolute Gasteiger partial charge is 0.476 e. The van der Waals surface area contributed by atoms with Crippen LogP contribution in [0.5, 0.6) is 0 Å². The van der Waals surface area contributed by atoms with Crippen LogP contribution in [0.25, 0.3) is 0 Å². The number of Topliss-reactive ketones (excluding diaryl/α,β-unsaturated/α-hetero) is 1. The van der Waals surface area contributed by atoms with Crippen LogP contribution >= 0.6 is 0 Å². The van der Waals surface area contributed by atoms with E-state index in [4.69, 9.17) is 57.2 Å². The monoisotopic (exact) mass is 643 g/mol. The maximum atomic E-state index is 11.3. The molecular weight excluding hydrogens is 590 g/mol. The Labute approximate surface area is 260 Å². The number of esters is 1. The minimum absolute atomic E-state index is 0.0155. The van der Waals surface area contributed by atoms with Crippen LogP contribution in [0.2, 0.25) is 0 Å². The molecule has 0 rings (SSSR count). The van der Waals surface area contributed by atoms with Crippen LogP contribution in [-0.2, 0) is 66.5 Å². The Kier molecular flexibility index (Phi) is 34.2. The first-order valence-corrected chi connectivity index (χ1v) is 14.9. The molecule has 0 aromatic carbocycles. The number of carbonyl (C=O) groups excluding carboxylic acids is 2. The second-order valence-electron chi connectivity index (χ2n) is 8.68. The van der Waals surface area contributed by atoms with Gasteiger partial charge >= 0.3 is 11.9 Å². The van der Waals surface area contributed by atoms with Gasteiger partial charge in [0, 0.05) is 13.0 Å².